The third-order valence-electron chi connectivity index (χ3n) is 2.13. The van der Waals surface area contributed by atoms with Gasteiger partial charge in [0.2, 0.25) is 5.91 Å². The molecule has 5 heteroatoms. The van der Waals surface area contributed by atoms with E-state index in [1.807, 2.05) is 13.8 Å². The molecule has 1 aliphatic heterocycles. The molecule has 0 spiro atoms. The van der Waals surface area contributed by atoms with Crippen LogP contribution < -0.4 is 5.32 Å². The van der Waals surface area contributed by atoms with Crippen LogP contribution in [0.2, 0.25) is 0 Å². The second-order valence-corrected chi connectivity index (χ2v) is 4.43. The zero-order valence-corrected chi connectivity index (χ0v) is 9.97. The van der Waals surface area contributed by atoms with Crippen molar-refractivity contribution in [3.8, 4) is 0 Å². The number of carbonyl (C=O) groups excluding carboxylic acids is 1. The van der Waals surface area contributed by atoms with E-state index >= 15 is 0 Å². The van der Waals surface area contributed by atoms with Gasteiger partial charge in [-0.3, -0.25) is 4.79 Å². The van der Waals surface area contributed by atoms with Gasteiger partial charge in [-0.2, -0.15) is 0 Å². The molecule has 1 unspecified atom stereocenters. The Morgan fingerprint density at radius 3 is 2.87 bits per heavy atom. The molecule has 0 aromatic carbocycles. The van der Waals surface area contributed by atoms with Crippen LogP contribution in [0.5, 0.6) is 0 Å². The van der Waals surface area contributed by atoms with E-state index in [4.69, 9.17) is 21.1 Å². The molecular formula is C10H18ClNO3. The molecule has 1 rings (SSSR count). The summed E-state index contributed by atoms with van der Waals surface area (Å²) >= 11 is 5.49. The lowest BCUT2D eigenvalue weighted by Gasteiger charge is -2.17. The van der Waals surface area contributed by atoms with Crippen molar-refractivity contribution >= 4 is 17.5 Å². The summed E-state index contributed by atoms with van der Waals surface area (Å²) in [6, 6.07) is 0. The molecule has 1 heterocycles. The molecule has 0 aromatic heterocycles. The molecule has 0 bridgehead atoms. The van der Waals surface area contributed by atoms with Crippen LogP contribution in [0.1, 0.15) is 26.7 Å². The fourth-order valence-electron chi connectivity index (χ4n) is 1.41. The van der Waals surface area contributed by atoms with Crippen LogP contribution in [-0.4, -0.2) is 36.8 Å². The number of halogens is 1. The van der Waals surface area contributed by atoms with Crippen molar-refractivity contribution in [2.45, 2.75) is 38.6 Å². The number of amides is 1. The van der Waals surface area contributed by atoms with E-state index in [0.29, 0.717) is 31.9 Å². The van der Waals surface area contributed by atoms with E-state index in [1.54, 1.807) is 0 Å². The summed E-state index contributed by atoms with van der Waals surface area (Å²) < 4.78 is 10.9. The summed E-state index contributed by atoms with van der Waals surface area (Å²) in [5.74, 6) is 0.0126. The average molecular weight is 236 g/mol. The Morgan fingerprint density at radius 2 is 2.33 bits per heavy atom. The highest BCUT2D eigenvalue weighted by Crippen LogP contribution is 2.21. The number of ether oxygens (including phenoxy) is 2. The van der Waals surface area contributed by atoms with Crippen molar-refractivity contribution in [2.75, 3.05) is 19.0 Å². The number of nitrogens with one attached hydrogen (secondary N) is 1. The van der Waals surface area contributed by atoms with E-state index in [1.165, 1.54) is 0 Å². The largest absolute Gasteiger partial charge is 0.353 e. The zero-order valence-electron chi connectivity index (χ0n) is 9.22. The molecule has 0 saturated carbocycles. The van der Waals surface area contributed by atoms with E-state index in [-0.39, 0.29) is 12.0 Å². The van der Waals surface area contributed by atoms with Gasteiger partial charge < -0.3 is 14.8 Å². The molecule has 1 N–H and O–H groups in total. The molecule has 0 radical (unpaired) electrons. The minimum Gasteiger partial charge on any atom is -0.353 e. The van der Waals surface area contributed by atoms with E-state index in [2.05, 4.69) is 5.32 Å². The van der Waals surface area contributed by atoms with Crippen molar-refractivity contribution in [2.24, 2.45) is 0 Å². The smallest absolute Gasteiger partial charge is 0.220 e. The first-order valence-electron chi connectivity index (χ1n) is 5.18. The number of alkyl halides is 1. The number of rotatable bonds is 5. The molecule has 1 atom stereocenters. The second kappa shape index (κ2) is 5.68. The first-order valence-corrected chi connectivity index (χ1v) is 5.71. The molecule has 1 saturated heterocycles. The van der Waals surface area contributed by atoms with Crippen LogP contribution in [0.3, 0.4) is 0 Å². The topological polar surface area (TPSA) is 47.6 Å². The number of hydrogen-bond donors (Lipinski definition) is 1. The first kappa shape index (κ1) is 12.7. The molecule has 1 fully saturated rings. The normalized spacial score (nSPS) is 24.1. The van der Waals surface area contributed by atoms with Gasteiger partial charge in [0, 0.05) is 18.8 Å². The molecule has 4 nitrogen and oxygen atoms in total. The van der Waals surface area contributed by atoms with Gasteiger partial charge >= 0.3 is 0 Å². The van der Waals surface area contributed by atoms with Gasteiger partial charge in [-0.25, -0.2) is 0 Å². The van der Waals surface area contributed by atoms with Crippen molar-refractivity contribution in [3.63, 3.8) is 0 Å². The Hall–Kier alpha value is -0.320. The lowest BCUT2D eigenvalue weighted by atomic mass is 10.3. The van der Waals surface area contributed by atoms with Crippen molar-refractivity contribution < 1.29 is 14.3 Å². The Bertz CT molecular complexity index is 221. The fraction of sp³-hybridized carbons (Fsp3) is 0.900. The molecule has 0 aliphatic carbocycles. The third kappa shape index (κ3) is 4.82. The summed E-state index contributed by atoms with van der Waals surface area (Å²) in [5.41, 5.74) is 0. The third-order valence-corrected chi connectivity index (χ3v) is 2.40. The van der Waals surface area contributed by atoms with Crippen LogP contribution in [0.25, 0.3) is 0 Å². The average Bonchev–Trinajstić information content (AvgIpc) is 2.52. The minimum absolute atomic E-state index is 0.0176. The SMILES string of the molecule is CC1(C)OCC(CNC(=O)CCCCl)O1. The van der Waals surface area contributed by atoms with Gasteiger partial charge in [-0.1, -0.05) is 0 Å². The van der Waals surface area contributed by atoms with Crippen molar-refractivity contribution in [1.82, 2.24) is 5.32 Å². The van der Waals surface area contributed by atoms with Gasteiger partial charge in [-0.05, 0) is 20.3 Å². The standard InChI is InChI=1S/C10H18ClNO3/c1-10(2)14-7-8(15-10)6-12-9(13)4-3-5-11/h8H,3-7H2,1-2H3,(H,12,13). The summed E-state index contributed by atoms with van der Waals surface area (Å²) in [5, 5.41) is 2.79. The zero-order chi connectivity index (χ0) is 11.3. The van der Waals surface area contributed by atoms with Gasteiger partial charge in [-0.15, -0.1) is 11.6 Å². The monoisotopic (exact) mass is 235 g/mol. The van der Waals surface area contributed by atoms with Gasteiger partial charge in [0.15, 0.2) is 5.79 Å². The van der Waals surface area contributed by atoms with Crippen LogP contribution in [0, 0.1) is 0 Å². The van der Waals surface area contributed by atoms with Crippen LogP contribution in [0.4, 0.5) is 0 Å². The predicted octanol–water partition coefficient (Wildman–Crippen LogP) is 1.27. The Balaban J connectivity index is 2.13. The minimum atomic E-state index is -0.522. The quantitative estimate of drug-likeness (QED) is 0.731. The molecular weight excluding hydrogens is 218 g/mol. The van der Waals surface area contributed by atoms with Crippen molar-refractivity contribution in [1.29, 1.82) is 0 Å². The number of carbonyl (C=O) groups is 1. The molecule has 1 aliphatic rings. The lowest BCUT2D eigenvalue weighted by molar-refractivity contribution is -0.139. The number of hydrogen-bond acceptors (Lipinski definition) is 3. The summed E-state index contributed by atoms with van der Waals surface area (Å²) in [6.07, 6.45) is 1.14. The summed E-state index contributed by atoms with van der Waals surface area (Å²) in [4.78, 5) is 11.3. The lowest BCUT2D eigenvalue weighted by Crippen LogP contribution is -2.34. The fourth-order valence-corrected chi connectivity index (χ4v) is 1.54. The maximum Gasteiger partial charge on any atom is 0.220 e. The molecule has 15 heavy (non-hydrogen) atoms. The van der Waals surface area contributed by atoms with Gasteiger partial charge in [0.1, 0.15) is 6.10 Å². The highest BCUT2D eigenvalue weighted by molar-refractivity contribution is 6.17. The molecule has 1 amide bonds. The van der Waals surface area contributed by atoms with Crippen LogP contribution in [0.15, 0.2) is 0 Å². The van der Waals surface area contributed by atoms with E-state index in [9.17, 15) is 4.79 Å². The van der Waals surface area contributed by atoms with E-state index < -0.39 is 5.79 Å². The highest BCUT2D eigenvalue weighted by atomic mass is 35.5. The second-order valence-electron chi connectivity index (χ2n) is 4.05. The maximum absolute atomic E-state index is 11.3. The predicted molar refractivity (Wildman–Crippen MR) is 57.9 cm³/mol. The maximum atomic E-state index is 11.3. The Kier molecular flexibility index (Phi) is 4.83. The summed E-state index contributed by atoms with van der Waals surface area (Å²) in [6.45, 7) is 4.76. The van der Waals surface area contributed by atoms with Crippen LogP contribution >= 0.6 is 11.6 Å². The highest BCUT2D eigenvalue weighted by Gasteiger charge is 2.32. The van der Waals surface area contributed by atoms with Gasteiger partial charge in [0.05, 0.1) is 6.61 Å². The van der Waals surface area contributed by atoms with Crippen molar-refractivity contribution in [3.05, 3.63) is 0 Å². The molecule has 88 valence electrons. The Labute approximate surface area is 95.3 Å². The van der Waals surface area contributed by atoms with E-state index in [0.717, 1.165) is 0 Å². The van der Waals surface area contributed by atoms with Crippen LogP contribution in [-0.2, 0) is 14.3 Å². The first-order chi connectivity index (χ1) is 7.03. The summed E-state index contributed by atoms with van der Waals surface area (Å²) in [7, 11) is 0. The van der Waals surface area contributed by atoms with Gasteiger partial charge in [0.25, 0.3) is 0 Å². The molecule has 0 aromatic rings. The Morgan fingerprint density at radius 1 is 1.60 bits per heavy atom.